The summed E-state index contributed by atoms with van der Waals surface area (Å²) in [4.78, 5) is 24.8. The summed E-state index contributed by atoms with van der Waals surface area (Å²) in [5.41, 5.74) is 0.770. The summed E-state index contributed by atoms with van der Waals surface area (Å²) in [5, 5.41) is 11.7. The number of nitrogens with one attached hydrogen (secondary N) is 1. The van der Waals surface area contributed by atoms with Crippen molar-refractivity contribution in [3.05, 3.63) is 57.8 Å². The number of nitrogens with zero attached hydrogens (tertiary/aromatic N) is 4. The molecule has 1 N–H and O–H groups in total. The molecule has 0 aliphatic heterocycles. The van der Waals surface area contributed by atoms with Crippen LogP contribution in [-0.4, -0.2) is 37.4 Å². The molecule has 4 aromatic rings. The Morgan fingerprint density at radius 1 is 1.26 bits per heavy atom. The Hall–Kier alpha value is -3.18. The molecule has 0 bridgehead atoms. The summed E-state index contributed by atoms with van der Waals surface area (Å²) in [5.74, 6) is -0.204. The summed E-state index contributed by atoms with van der Waals surface area (Å²) < 4.78 is 32.0. The van der Waals surface area contributed by atoms with E-state index in [1.807, 2.05) is 0 Å². The second kappa shape index (κ2) is 8.52. The van der Waals surface area contributed by atoms with Crippen LogP contribution in [0.3, 0.4) is 0 Å². The molecule has 4 rings (SSSR count). The number of carbonyl (C=O) groups excluding carboxylic acids is 1. The lowest BCUT2D eigenvalue weighted by molar-refractivity contribution is -0.113. The topological polar surface area (TPSA) is 90.5 Å². The van der Waals surface area contributed by atoms with Crippen molar-refractivity contribution in [2.24, 2.45) is 7.05 Å². The fourth-order valence-electron chi connectivity index (χ4n) is 3.00. The number of thioether (sulfide) groups is 1. The van der Waals surface area contributed by atoms with E-state index in [1.54, 1.807) is 35.7 Å². The van der Waals surface area contributed by atoms with Crippen molar-refractivity contribution >= 4 is 51.6 Å². The predicted octanol–water partition coefficient (Wildman–Crippen LogP) is 3.57. The zero-order valence-corrected chi connectivity index (χ0v) is 17.5. The number of benzene rings is 2. The summed E-state index contributed by atoms with van der Waals surface area (Å²) >= 11 is 7.03. The SMILES string of the molecule is Cn1c(=O)c2ccccc2n2c(SCC(=O)Nc3ccc(OC(F)F)c(Cl)c3)nnc12. The largest absolute Gasteiger partial charge is 0.433 e. The van der Waals surface area contributed by atoms with Crippen molar-refractivity contribution in [3.8, 4) is 5.75 Å². The third-order valence-corrected chi connectivity index (χ3v) is 5.58. The molecule has 0 aliphatic carbocycles. The molecule has 0 unspecified atom stereocenters. The van der Waals surface area contributed by atoms with Gasteiger partial charge in [-0.3, -0.25) is 18.6 Å². The van der Waals surface area contributed by atoms with Gasteiger partial charge in [0.1, 0.15) is 5.75 Å². The predicted molar refractivity (Wildman–Crippen MR) is 113 cm³/mol. The number of aryl methyl sites for hydroxylation is 1. The van der Waals surface area contributed by atoms with Gasteiger partial charge in [-0.2, -0.15) is 8.78 Å². The maximum absolute atomic E-state index is 12.5. The first-order chi connectivity index (χ1) is 14.8. The van der Waals surface area contributed by atoms with Crippen LogP contribution in [0.4, 0.5) is 14.5 Å². The second-order valence-electron chi connectivity index (χ2n) is 6.36. The number of para-hydroxylation sites is 1. The van der Waals surface area contributed by atoms with E-state index in [-0.39, 0.29) is 28.0 Å². The van der Waals surface area contributed by atoms with Gasteiger partial charge in [0.15, 0.2) is 5.16 Å². The molecule has 0 fully saturated rings. The first kappa shape index (κ1) is 21.1. The molecule has 2 aromatic carbocycles. The Kier molecular flexibility index (Phi) is 5.79. The van der Waals surface area contributed by atoms with Gasteiger partial charge in [-0.25, -0.2) is 0 Å². The number of amides is 1. The van der Waals surface area contributed by atoms with Crippen LogP contribution >= 0.6 is 23.4 Å². The van der Waals surface area contributed by atoms with Gasteiger partial charge in [-0.15, -0.1) is 10.2 Å². The molecular weight excluding hydrogens is 452 g/mol. The standard InChI is InChI=1S/C19H14ClF2N5O3S/c1-26-16(29)11-4-2-3-5-13(11)27-18(26)24-25-19(27)31-9-15(28)23-10-6-7-14(12(20)8-10)30-17(21)22/h2-8,17H,9H2,1H3,(H,23,28). The third kappa shape index (κ3) is 4.19. The number of alkyl halides is 2. The van der Waals surface area contributed by atoms with Crippen LogP contribution in [-0.2, 0) is 11.8 Å². The number of hydrogen-bond acceptors (Lipinski definition) is 6. The maximum Gasteiger partial charge on any atom is 0.387 e. The van der Waals surface area contributed by atoms with Gasteiger partial charge in [0.2, 0.25) is 11.7 Å². The zero-order chi connectivity index (χ0) is 22.1. The number of hydrogen-bond donors (Lipinski definition) is 1. The van der Waals surface area contributed by atoms with Crippen LogP contribution < -0.4 is 15.6 Å². The van der Waals surface area contributed by atoms with E-state index in [2.05, 4.69) is 20.3 Å². The molecule has 8 nitrogen and oxygen atoms in total. The van der Waals surface area contributed by atoms with Gasteiger partial charge in [0, 0.05) is 12.7 Å². The first-order valence-electron chi connectivity index (χ1n) is 8.85. The van der Waals surface area contributed by atoms with Crippen molar-refractivity contribution in [2.75, 3.05) is 11.1 Å². The minimum absolute atomic E-state index is 0.00906. The van der Waals surface area contributed by atoms with Gasteiger partial charge < -0.3 is 10.1 Å². The van der Waals surface area contributed by atoms with E-state index in [4.69, 9.17) is 11.6 Å². The van der Waals surface area contributed by atoms with Gasteiger partial charge in [-0.1, -0.05) is 35.5 Å². The fraction of sp³-hybridized carbons (Fsp3) is 0.158. The van der Waals surface area contributed by atoms with Crippen molar-refractivity contribution in [2.45, 2.75) is 11.8 Å². The lowest BCUT2D eigenvalue weighted by Gasteiger charge is -2.10. The molecule has 0 aliphatic rings. The number of rotatable bonds is 6. The molecule has 2 heterocycles. The highest BCUT2D eigenvalue weighted by atomic mass is 35.5. The summed E-state index contributed by atoms with van der Waals surface area (Å²) in [6.45, 7) is -3.00. The number of ether oxygens (including phenoxy) is 1. The quantitative estimate of drug-likeness (QED) is 0.438. The average Bonchev–Trinajstić information content (AvgIpc) is 3.16. The van der Waals surface area contributed by atoms with Crippen LogP contribution in [0.5, 0.6) is 5.75 Å². The number of halogens is 3. The van der Waals surface area contributed by atoms with E-state index in [0.29, 0.717) is 27.5 Å². The van der Waals surface area contributed by atoms with Gasteiger partial charge in [0.25, 0.3) is 5.56 Å². The smallest absolute Gasteiger partial charge is 0.387 e. The van der Waals surface area contributed by atoms with E-state index in [9.17, 15) is 18.4 Å². The molecule has 0 spiro atoms. The molecule has 0 saturated carbocycles. The molecule has 0 radical (unpaired) electrons. The van der Waals surface area contributed by atoms with Crippen molar-refractivity contribution in [3.63, 3.8) is 0 Å². The summed E-state index contributed by atoms with van der Waals surface area (Å²) in [7, 11) is 1.60. The van der Waals surface area contributed by atoms with Gasteiger partial charge >= 0.3 is 6.61 Å². The third-order valence-electron chi connectivity index (χ3n) is 4.36. The minimum atomic E-state index is -3.00. The Balaban J connectivity index is 1.53. The molecule has 160 valence electrons. The highest BCUT2D eigenvalue weighted by molar-refractivity contribution is 7.99. The zero-order valence-electron chi connectivity index (χ0n) is 15.9. The van der Waals surface area contributed by atoms with E-state index in [0.717, 1.165) is 11.8 Å². The van der Waals surface area contributed by atoms with Crippen LogP contribution in [0.15, 0.2) is 52.4 Å². The number of fused-ring (bicyclic) bond motifs is 3. The summed E-state index contributed by atoms with van der Waals surface area (Å²) in [6, 6.07) is 11.0. The van der Waals surface area contributed by atoms with E-state index >= 15 is 0 Å². The van der Waals surface area contributed by atoms with Gasteiger partial charge in [0.05, 0.1) is 21.7 Å². The molecule has 2 aromatic heterocycles. The number of carbonyl (C=O) groups is 1. The molecule has 31 heavy (non-hydrogen) atoms. The van der Waals surface area contributed by atoms with E-state index < -0.39 is 6.61 Å². The molecular formula is C19H14ClF2N5O3S. The summed E-state index contributed by atoms with van der Waals surface area (Å²) in [6.07, 6.45) is 0. The Morgan fingerprint density at radius 2 is 2.03 bits per heavy atom. The second-order valence-corrected chi connectivity index (χ2v) is 7.71. The Bertz CT molecular complexity index is 1360. The number of anilines is 1. The highest BCUT2D eigenvalue weighted by Crippen LogP contribution is 2.29. The van der Waals surface area contributed by atoms with Crippen LogP contribution in [0, 0.1) is 0 Å². The molecule has 0 saturated heterocycles. The maximum atomic E-state index is 12.5. The van der Waals surface area contributed by atoms with Crippen molar-refractivity contribution in [1.82, 2.24) is 19.2 Å². The minimum Gasteiger partial charge on any atom is -0.433 e. The fourth-order valence-corrected chi connectivity index (χ4v) is 3.97. The van der Waals surface area contributed by atoms with Crippen molar-refractivity contribution < 1.29 is 18.3 Å². The number of aromatic nitrogens is 4. The highest BCUT2D eigenvalue weighted by Gasteiger charge is 2.16. The average molecular weight is 466 g/mol. The first-order valence-corrected chi connectivity index (χ1v) is 10.2. The normalized spacial score (nSPS) is 11.4. The molecule has 12 heteroatoms. The lowest BCUT2D eigenvalue weighted by atomic mass is 10.2. The lowest BCUT2D eigenvalue weighted by Crippen LogP contribution is -2.20. The molecule has 1 amide bonds. The van der Waals surface area contributed by atoms with Crippen LogP contribution in [0.25, 0.3) is 16.7 Å². The van der Waals surface area contributed by atoms with E-state index in [1.165, 1.54) is 22.8 Å². The Labute approximate surface area is 182 Å². The van der Waals surface area contributed by atoms with Crippen molar-refractivity contribution in [1.29, 1.82) is 0 Å². The van der Waals surface area contributed by atoms with Gasteiger partial charge in [-0.05, 0) is 30.3 Å². The monoisotopic (exact) mass is 465 g/mol. The Morgan fingerprint density at radius 3 is 2.77 bits per heavy atom. The van der Waals surface area contributed by atoms with Crippen LogP contribution in [0.1, 0.15) is 0 Å². The molecule has 0 atom stereocenters. The van der Waals surface area contributed by atoms with Crippen LogP contribution in [0.2, 0.25) is 5.02 Å².